The van der Waals surface area contributed by atoms with Gasteiger partial charge in [0.15, 0.2) is 11.2 Å². The molecule has 1 N–H and O–H groups in total. The maximum Gasteiger partial charge on any atom is 0.289 e. The number of fused-ring (bicyclic) bond motifs is 1. The zero-order valence-corrected chi connectivity index (χ0v) is 15.5. The molecular formula is C20H20N2O4S. The van der Waals surface area contributed by atoms with Crippen molar-refractivity contribution in [3.05, 3.63) is 68.7 Å². The molecule has 27 heavy (non-hydrogen) atoms. The predicted molar refractivity (Wildman–Crippen MR) is 104 cm³/mol. The largest absolute Gasteiger partial charge is 0.451 e. The predicted octanol–water partition coefficient (Wildman–Crippen LogP) is 2.35. The highest BCUT2D eigenvalue weighted by atomic mass is 32.1. The minimum atomic E-state index is -0.509. The highest BCUT2D eigenvalue weighted by molar-refractivity contribution is 7.10. The molecule has 4 rings (SSSR count). The summed E-state index contributed by atoms with van der Waals surface area (Å²) in [4.78, 5) is 29.7. The summed E-state index contributed by atoms with van der Waals surface area (Å²) in [5.74, 6) is -0.193. The maximum absolute atomic E-state index is 12.7. The molecule has 2 aromatic heterocycles. The lowest BCUT2D eigenvalue weighted by molar-refractivity contribution is 0.0509. The third kappa shape index (κ3) is 3.80. The third-order valence-corrected chi connectivity index (χ3v) is 5.78. The van der Waals surface area contributed by atoms with E-state index in [1.807, 2.05) is 17.5 Å². The van der Waals surface area contributed by atoms with Crippen LogP contribution in [-0.2, 0) is 0 Å². The molecule has 1 fully saturated rings. The Kier molecular flexibility index (Phi) is 5.07. The lowest BCUT2D eigenvalue weighted by Gasteiger charge is -2.35. The van der Waals surface area contributed by atoms with Gasteiger partial charge in [-0.1, -0.05) is 18.2 Å². The molecule has 6 nitrogen and oxygen atoms in total. The summed E-state index contributed by atoms with van der Waals surface area (Å²) in [6, 6.07) is 12.1. The van der Waals surface area contributed by atoms with Crippen molar-refractivity contribution in [1.82, 2.24) is 9.80 Å². The first-order valence-corrected chi connectivity index (χ1v) is 9.76. The molecule has 140 valence electrons. The molecule has 1 atom stereocenters. The number of hydrogen-bond acceptors (Lipinski definition) is 6. The number of benzene rings is 1. The molecule has 0 aliphatic carbocycles. The van der Waals surface area contributed by atoms with E-state index in [4.69, 9.17) is 4.42 Å². The fraction of sp³-hybridized carbons (Fsp3) is 0.300. The number of piperazine rings is 1. The lowest BCUT2D eigenvalue weighted by atomic mass is 10.2. The smallest absolute Gasteiger partial charge is 0.289 e. The molecule has 1 saturated heterocycles. The second kappa shape index (κ2) is 7.64. The van der Waals surface area contributed by atoms with Gasteiger partial charge in [0.1, 0.15) is 11.7 Å². The Morgan fingerprint density at radius 3 is 2.67 bits per heavy atom. The number of nitrogens with zero attached hydrogens (tertiary/aromatic N) is 2. The molecule has 1 unspecified atom stereocenters. The molecule has 0 bridgehead atoms. The molecule has 1 aliphatic rings. The SMILES string of the molecule is O=C(c1cc(=O)c2ccccc2o1)N1CCN(CC(O)c2cccs2)CC1. The van der Waals surface area contributed by atoms with Gasteiger partial charge in [0, 0.05) is 43.7 Å². The Bertz CT molecular complexity index is 991. The normalized spacial score (nSPS) is 16.6. The number of rotatable bonds is 4. The summed E-state index contributed by atoms with van der Waals surface area (Å²) in [7, 11) is 0. The average molecular weight is 384 g/mol. The summed E-state index contributed by atoms with van der Waals surface area (Å²) in [6.07, 6.45) is -0.509. The van der Waals surface area contributed by atoms with Crippen LogP contribution in [0.25, 0.3) is 11.0 Å². The molecule has 1 aromatic carbocycles. The highest BCUT2D eigenvalue weighted by Crippen LogP contribution is 2.21. The zero-order valence-electron chi connectivity index (χ0n) is 14.7. The molecular weight excluding hydrogens is 364 g/mol. The van der Waals surface area contributed by atoms with E-state index in [-0.39, 0.29) is 17.1 Å². The Balaban J connectivity index is 1.41. The second-order valence-corrected chi connectivity index (χ2v) is 7.57. The van der Waals surface area contributed by atoms with Gasteiger partial charge in [-0.2, -0.15) is 0 Å². The Morgan fingerprint density at radius 1 is 1.15 bits per heavy atom. The Hall–Kier alpha value is -2.48. The highest BCUT2D eigenvalue weighted by Gasteiger charge is 2.25. The van der Waals surface area contributed by atoms with Crippen LogP contribution >= 0.6 is 11.3 Å². The van der Waals surface area contributed by atoms with Gasteiger partial charge in [-0.15, -0.1) is 11.3 Å². The van der Waals surface area contributed by atoms with E-state index >= 15 is 0 Å². The van der Waals surface area contributed by atoms with E-state index < -0.39 is 6.10 Å². The number of thiophene rings is 1. The minimum absolute atomic E-state index is 0.0748. The number of amides is 1. The van der Waals surface area contributed by atoms with Crippen molar-refractivity contribution >= 4 is 28.2 Å². The van der Waals surface area contributed by atoms with Crippen molar-refractivity contribution in [2.75, 3.05) is 32.7 Å². The fourth-order valence-corrected chi connectivity index (χ4v) is 4.02. The molecule has 3 heterocycles. The quantitative estimate of drug-likeness (QED) is 0.747. The molecule has 1 amide bonds. The van der Waals surface area contributed by atoms with Crippen molar-refractivity contribution in [1.29, 1.82) is 0 Å². The van der Waals surface area contributed by atoms with Gasteiger partial charge >= 0.3 is 0 Å². The Labute approximate surface area is 160 Å². The van der Waals surface area contributed by atoms with Crippen molar-refractivity contribution in [3.8, 4) is 0 Å². The van der Waals surface area contributed by atoms with E-state index in [1.165, 1.54) is 6.07 Å². The number of hydrogen-bond donors (Lipinski definition) is 1. The van der Waals surface area contributed by atoms with Crippen LogP contribution in [0, 0.1) is 0 Å². The number of aliphatic hydroxyl groups is 1. The number of β-amino-alcohol motifs (C(OH)–C–C–N with tert-alkyl or cyclic N) is 1. The summed E-state index contributed by atoms with van der Waals surface area (Å²) in [5.41, 5.74) is 0.212. The number of aliphatic hydroxyl groups excluding tert-OH is 1. The van der Waals surface area contributed by atoms with E-state index in [2.05, 4.69) is 4.90 Å². The van der Waals surface area contributed by atoms with Gasteiger partial charge in [0.05, 0.1) is 5.39 Å². The van der Waals surface area contributed by atoms with Gasteiger partial charge in [0.25, 0.3) is 5.91 Å². The monoisotopic (exact) mass is 384 g/mol. The van der Waals surface area contributed by atoms with E-state index in [0.717, 1.165) is 4.88 Å². The Morgan fingerprint density at radius 2 is 1.93 bits per heavy atom. The van der Waals surface area contributed by atoms with Crippen LogP contribution in [0.5, 0.6) is 0 Å². The lowest BCUT2D eigenvalue weighted by Crippen LogP contribution is -2.49. The van der Waals surface area contributed by atoms with Crippen molar-refractivity contribution in [2.45, 2.75) is 6.10 Å². The first-order valence-electron chi connectivity index (χ1n) is 8.88. The summed E-state index contributed by atoms with van der Waals surface area (Å²) >= 11 is 1.54. The van der Waals surface area contributed by atoms with Crippen LogP contribution < -0.4 is 5.43 Å². The van der Waals surface area contributed by atoms with Crippen LogP contribution in [0.3, 0.4) is 0 Å². The molecule has 3 aromatic rings. The van der Waals surface area contributed by atoms with Crippen LogP contribution in [0.1, 0.15) is 21.5 Å². The summed E-state index contributed by atoms with van der Waals surface area (Å²) in [6.45, 7) is 2.96. The topological polar surface area (TPSA) is 74.0 Å². The minimum Gasteiger partial charge on any atom is -0.451 e. The van der Waals surface area contributed by atoms with Gasteiger partial charge in [0.2, 0.25) is 0 Å². The molecule has 0 spiro atoms. The van der Waals surface area contributed by atoms with E-state index in [0.29, 0.717) is 43.7 Å². The van der Waals surface area contributed by atoms with Crippen molar-refractivity contribution in [3.63, 3.8) is 0 Å². The molecule has 0 radical (unpaired) electrons. The third-order valence-electron chi connectivity index (χ3n) is 4.81. The van der Waals surface area contributed by atoms with Crippen LogP contribution in [0.15, 0.2) is 57.1 Å². The summed E-state index contributed by atoms with van der Waals surface area (Å²) in [5, 5.41) is 12.7. The first-order chi connectivity index (χ1) is 13.1. The van der Waals surface area contributed by atoms with Crippen molar-refractivity contribution < 1.29 is 14.3 Å². The van der Waals surface area contributed by atoms with Gasteiger partial charge < -0.3 is 14.4 Å². The standard InChI is InChI=1S/C20H20N2O4S/c23-15-12-18(26-17-5-2-1-4-14(15)17)20(25)22-9-7-21(8-10-22)13-16(24)19-6-3-11-27-19/h1-6,11-12,16,24H,7-10,13H2. The van der Waals surface area contributed by atoms with E-state index in [1.54, 1.807) is 40.5 Å². The molecule has 1 aliphatic heterocycles. The van der Waals surface area contributed by atoms with E-state index in [9.17, 15) is 14.7 Å². The number of carbonyl (C=O) groups excluding carboxylic acids is 1. The van der Waals surface area contributed by atoms with Crippen LogP contribution in [0.4, 0.5) is 0 Å². The average Bonchev–Trinajstić information content (AvgIpc) is 3.23. The second-order valence-electron chi connectivity index (χ2n) is 6.60. The van der Waals surface area contributed by atoms with Crippen LogP contribution in [0.2, 0.25) is 0 Å². The van der Waals surface area contributed by atoms with Gasteiger partial charge in [-0.05, 0) is 23.6 Å². The number of para-hydroxylation sites is 1. The molecule has 7 heteroatoms. The zero-order chi connectivity index (χ0) is 18.8. The fourth-order valence-electron chi connectivity index (χ4n) is 3.31. The molecule has 0 saturated carbocycles. The van der Waals surface area contributed by atoms with Crippen molar-refractivity contribution in [2.24, 2.45) is 0 Å². The number of carbonyl (C=O) groups is 1. The first kappa shape index (κ1) is 17.9. The van der Waals surface area contributed by atoms with Crippen LogP contribution in [-0.4, -0.2) is 53.5 Å². The maximum atomic E-state index is 12.7. The van der Waals surface area contributed by atoms with Gasteiger partial charge in [-0.3, -0.25) is 14.5 Å². The van der Waals surface area contributed by atoms with Gasteiger partial charge in [-0.25, -0.2) is 0 Å². The summed E-state index contributed by atoms with van der Waals surface area (Å²) < 4.78 is 5.65.